The number of ether oxygens (including phenoxy) is 1. The number of nitrogens with zero attached hydrogens (tertiary/aromatic N) is 4. The molecule has 180 valence electrons. The van der Waals surface area contributed by atoms with Crippen LogP contribution in [0.5, 0.6) is 0 Å². The highest BCUT2D eigenvalue weighted by molar-refractivity contribution is 6.10. The van der Waals surface area contributed by atoms with Crippen molar-refractivity contribution in [3.63, 3.8) is 0 Å². The van der Waals surface area contributed by atoms with Gasteiger partial charge >= 0.3 is 5.97 Å². The van der Waals surface area contributed by atoms with Crippen LogP contribution < -0.4 is 16.0 Å². The SMILES string of the molecule is CCOC(=O)Cn1nnc(-c2cccc(NC(=O)CC[C@@H]3NC(=O)c4ccccc4NC3=O)c2)n1. The molecule has 0 unspecified atom stereocenters. The van der Waals surface area contributed by atoms with Crippen molar-refractivity contribution in [2.45, 2.75) is 32.4 Å². The first-order valence-electron chi connectivity index (χ1n) is 11.0. The molecule has 0 saturated carbocycles. The summed E-state index contributed by atoms with van der Waals surface area (Å²) in [6, 6.07) is 12.7. The number of para-hydroxylation sites is 1. The van der Waals surface area contributed by atoms with Crippen LogP contribution in [0.25, 0.3) is 11.4 Å². The third-order valence-corrected chi connectivity index (χ3v) is 5.14. The highest BCUT2D eigenvalue weighted by Crippen LogP contribution is 2.21. The monoisotopic (exact) mass is 477 g/mol. The van der Waals surface area contributed by atoms with Gasteiger partial charge in [-0.15, -0.1) is 10.2 Å². The van der Waals surface area contributed by atoms with Crippen molar-refractivity contribution in [3.8, 4) is 11.4 Å². The zero-order valence-corrected chi connectivity index (χ0v) is 18.9. The molecular weight excluding hydrogens is 454 g/mol. The summed E-state index contributed by atoms with van der Waals surface area (Å²) in [5.41, 5.74) is 1.89. The number of carbonyl (C=O) groups is 4. The number of tetrazole rings is 1. The summed E-state index contributed by atoms with van der Waals surface area (Å²) in [7, 11) is 0. The van der Waals surface area contributed by atoms with Crippen LogP contribution in [-0.4, -0.2) is 56.5 Å². The Morgan fingerprint density at radius 1 is 1.14 bits per heavy atom. The van der Waals surface area contributed by atoms with E-state index in [4.69, 9.17) is 4.74 Å². The lowest BCUT2D eigenvalue weighted by Gasteiger charge is -2.14. The van der Waals surface area contributed by atoms with Crippen LogP contribution in [0.1, 0.15) is 30.1 Å². The molecule has 35 heavy (non-hydrogen) atoms. The number of carbonyl (C=O) groups excluding carboxylic acids is 4. The smallest absolute Gasteiger partial charge is 0.329 e. The van der Waals surface area contributed by atoms with E-state index in [1.54, 1.807) is 55.5 Å². The summed E-state index contributed by atoms with van der Waals surface area (Å²) < 4.78 is 4.86. The summed E-state index contributed by atoms with van der Waals surface area (Å²) in [6.45, 7) is 1.81. The van der Waals surface area contributed by atoms with Crippen LogP contribution in [0.15, 0.2) is 48.5 Å². The van der Waals surface area contributed by atoms with Gasteiger partial charge in [0.1, 0.15) is 6.04 Å². The molecule has 3 amide bonds. The summed E-state index contributed by atoms with van der Waals surface area (Å²) in [4.78, 5) is 50.1. The number of nitrogens with one attached hydrogen (secondary N) is 3. The Morgan fingerprint density at radius 2 is 1.97 bits per heavy atom. The number of benzene rings is 2. The van der Waals surface area contributed by atoms with Crippen molar-refractivity contribution in [2.75, 3.05) is 17.2 Å². The first-order chi connectivity index (χ1) is 16.9. The topological polar surface area (TPSA) is 157 Å². The summed E-state index contributed by atoms with van der Waals surface area (Å²) in [5.74, 6) is -1.27. The van der Waals surface area contributed by atoms with Gasteiger partial charge in [0.2, 0.25) is 17.6 Å². The molecule has 2 heterocycles. The van der Waals surface area contributed by atoms with Gasteiger partial charge in [-0.3, -0.25) is 14.4 Å². The van der Waals surface area contributed by atoms with Crippen molar-refractivity contribution in [3.05, 3.63) is 54.1 Å². The number of anilines is 2. The molecule has 1 aliphatic heterocycles. The predicted molar refractivity (Wildman–Crippen MR) is 124 cm³/mol. The molecule has 0 saturated heterocycles. The minimum absolute atomic E-state index is 0.00686. The molecule has 4 rings (SSSR count). The second kappa shape index (κ2) is 10.5. The van der Waals surface area contributed by atoms with Gasteiger partial charge in [-0.25, -0.2) is 4.79 Å². The second-order valence-electron chi connectivity index (χ2n) is 7.68. The first-order valence-corrected chi connectivity index (χ1v) is 11.0. The lowest BCUT2D eigenvalue weighted by molar-refractivity contribution is -0.144. The Labute approximate surface area is 200 Å². The van der Waals surface area contributed by atoms with Crippen LogP contribution in [0.2, 0.25) is 0 Å². The average molecular weight is 477 g/mol. The summed E-state index contributed by atoms with van der Waals surface area (Å²) >= 11 is 0. The number of hydrogen-bond donors (Lipinski definition) is 3. The third kappa shape index (κ3) is 5.85. The number of hydrogen-bond acceptors (Lipinski definition) is 8. The highest BCUT2D eigenvalue weighted by atomic mass is 16.5. The van der Waals surface area contributed by atoms with E-state index in [0.717, 1.165) is 4.80 Å². The van der Waals surface area contributed by atoms with Gasteiger partial charge in [-0.1, -0.05) is 24.3 Å². The van der Waals surface area contributed by atoms with E-state index in [1.165, 1.54) is 0 Å². The van der Waals surface area contributed by atoms with E-state index in [1.807, 2.05) is 0 Å². The minimum Gasteiger partial charge on any atom is -0.465 e. The maximum absolute atomic E-state index is 12.5. The first kappa shape index (κ1) is 23.5. The molecule has 2 aromatic carbocycles. The summed E-state index contributed by atoms with van der Waals surface area (Å²) in [5, 5.41) is 20.1. The Hall–Kier alpha value is -4.61. The molecule has 3 aromatic rings. The predicted octanol–water partition coefficient (Wildman–Crippen LogP) is 1.37. The lowest BCUT2D eigenvalue weighted by atomic mass is 10.1. The quantitative estimate of drug-likeness (QED) is 0.411. The fourth-order valence-electron chi connectivity index (χ4n) is 3.50. The zero-order valence-electron chi connectivity index (χ0n) is 18.9. The molecule has 3 N–H and O–H groups in total. The van der Waals surface area contributed by atoms with Crippen molar-refractivity contribution in [1.82, 2.24) is 25.5 Å². The lowest BCUT2D eigenvalue weighted by Crippen LogP contribution is -2.41. The van der Waals surface area contributed by atoms with Crippen LogP contribution in [0.4, 0.5) is 11.4 Å². The van der Waals surface area contributed by atoms with Gasteiger partial charge in [0.15, 0.2) is 6.54 Å². The van der Waals surface area contributed by atoms with Gasteiger partial charge in [-0.05, 0) is 42.8 Å². The largest absolute Gasteiger partial charge is 0.465 e. The fraction of sp³-hybridized carbons (Fsp3) is 0.261. The molecule has 0 radical (unpaired) electrons. The normalized spacial score (nSPS) is 14.8. The minimum atomic E-state index is -0.842. The van der Waals surface area contributed by atoms with E-state index in [-0.39, 0.29) is 49.5 Å². The van der Waals surface area contributed by atoms with E-state index in [2.05, 4.69) is 31.4 Å². The molecule has 0 fully saturated rings. The van der Waals surface area contributed by atoms with Gasteiger partial charge < -0.3 is 20.7 Å². The second-order valence-corrected chi connectivity index (χ2v) is 7.68. The molecule has 1 aromatic heterocycles. The number of esters is 1. The molecule has 0 aliphatic carbocycles. The van der Waals surface area contributed by atoms with E-state index in [9.17, 15) is 19.2 Å². The number of fused-ring (bicyclic) bond motifs is 1. The number of rotatable bonds is 8. The Morgan fingerprint density at radius 3 is 2.80 bits per heavy atom. The van der Waals surface area contributed by atoms with Crippen molar-refractivity contribution in [1.29, 1.82) is 0 Å². The number of amides is 3. The maximum atomic E-state index is 12.5. The van der Waals surface area contributed by atoms with E-state index < -0.39 is 12.0 Å². The summed E-state index contributed by atoms with van der Waals surface area (Å²) in [6.07, 6.45) is 0.133. The Balaban J connectivity index is 1.34. The number of aromatic nitrogens is 4. The van der Waals surface area contributed by atoms with E-state index in [0.29, 0.717) is 22.5 Å². The molecule has 1 atom stereocenters. The van der Waals surface area contributed by atoms with Gasteiger partial charge in [0.05, 0.1) is 17.9 Å². The van der Waals surface area contributed by atoms with E-state index >= 15 is 0 Å². The molecular formula is C23H23N7O5. The Bertz CT molecular complexity index is 1270. The standard InChI is InChI=1S/C23H23N7O5/c1-2-35-20(32)13-30-28-21(27-29-30)14-6-5-7-15(12-14)24-19(31)11-10-18-23(34)25-17-9-4-3-8-16(17)22(33)26-18/h3-9,12,18H,2,10-11,13H2,1H3,(H,24,31)(H,25,34)(H,26,33)/t18-/m0/s1. The molecule has 12 heteroatoms. The highest BCUT2D eigenvalue weighted by Gasteiger charge is 2.27. The average Bonchev–Trinajstić information content (AvgIpc) is 3.26. The van der Waals surface area contributed by atoms with Crippen LogP contribution in [0.3, 0.4) is 0 Å². The molecule has 12 nitrogen and oxygen atoms in total. The third-order valence-electron chi connectivity index (χ3n) is 5.14. The Kier molecular flexibility index (Phi) is 7.10. The van der Waals surface area contributed by atoms with Crippen molar-refractivity contribution in [2.24, 2.45) is 0 Å². The maximum Gasteiger partial charge on any atom is 0.329 e. The zero-order chi connectivity index (χ0) is 24.8. The van der Waals surface area contributed by atoms with Crippen LogP contribution >= 0.6 is 0 Å². The van der Waals surface area contributed by atoms with Crippen molar-refractivity contribution >= 4 is 35.1 Å². The molecule has 0 spiro atoms. The van der Waals surface area contributed by atoms with Gasteiger partial charge in [0, 0.05) is 17.7 Å². The molecule has 1 aliphatic rings. The van der Waals surface area contributed by atoms with Gasteiger partial charge in [-0.2, -0.15) is 4.80 Å². The van der Waals surface area contributed by atoms with Crippen molar-refractivity contribution < 1.29 is 23.9 Å². The van der Waals surface area contributed by atoms with Crippen LogP contribution in [0, 0.1) is 0 Å². The fourth-order valence-corrected chi connectivity index (χ4v) is 3.50. The van der Waals surface area contributed by atoms with Gasteiger partial charge in [0.25, 0.3) is 5.91 Å². The van der Waals surface area contributed by atoms with Crippen LogP contribution in [-0.2, 0) is 25.7 Å². The molecule has 0 bridgehead atoms.